The Kier molecular flexibility index (Phi) is 7.15. The van der Waals surface area contributed by atoms with E-state index in [0.717, 1.165) is 27.1 Å². The van der Waals surface area contributed by atoms with Crippen LogP contribution in [0.15, 0.2) is 135 Å². The number of hydrogen-bond acceptors (Lipinski definition) is 6. The minimum Gasteiger partial charge on any atom is -0.459 e. The van der Waals surface area contributed by atoms with E-state index >= 15 is 0 Å². The maximum atomic E-state index is 13.6. The lowest BCUT2D eigenvalue weighted by molar-refractivity contribution is -0.115. The number of aromatic nitrogens is 1. The third-order valence-corrected chi connectivity index (χ3v) is 7.37. The standard InChI is InChI=1S/C32H23N3O4S/c36-30(28-14-7-19-38-28)34-24-10-6-11-25(20-24)40-29(21-8-2-1-3-9-21)31(37)33-23-17-15-22(16-18-23)32-35-26-12-4-5-13-27(26)39-32/h1-20,29H,(H,33,37)(H,34,36). The van der Waals surface area contributed by atoms with Gasteiger partial charge in [-0.15, -0.1) is 11.8 Å². The minimum atomic E-state index is -0.533. The van der Waals surface area contributed by atoms with Gasteiger partial charge >= 0.3 is 0 Å². The number of para-hydroxylation sites is 2. The Hall–Kier alpha value is -5.08. The van der Waals surface area contributed by atoms with Crippen LogP contribution in [0.25, 0.3) is 22.6 Å². The number of oxazole rings is 1. The lowest BCUT2D eigenvalue weighted by atomic mass is 10.1. The fraction of sp³-hybridized carbons (Fsp3) is 0.0312. The van der Waals surface area contributed by atoms with Gasteiger partial charge in [-0.1, -0.05) is 48.5 Å². The number of carbonyl (C=O) groups is 2. The van der Waals surface area contributed by atoms with Crippen LogP contribution in [0.3, 0.4) is 0 Å². The highest BCUT2D eigenvalue weighted by atomic mass is 32.2. The maximum absolute atomic E-state index is 13.6. The molecule has 0 aliphatic rings. The van der Waals surface area contributed by atoms with Crippen molar-refractivity contribution in [1.29, 1.82) is 0 Å². The van der Waals surface area contributed by atoms with Crippen molar-refractivity contribution in [3.8, 4) is 11.5 Å². The van der Waals surface area contributed by atoms with Crippen LogP contribution in [0.4, 0.5) is 11.4 Å². The van der Waals surface area contributed by atoms with Crippen LogP contribution >= 0.6 is 11.8 Å². The average molecular weight is 546 g/mol. The first-order valence-electron chi connectivity index (χ1n) is 12.6. The number of benzene rings is 4. The summed E-state index contributed by atoms with van der Waals surface area (Å²) < 4.78 is 11.0. The zero-order chi connectivity index (χ0) is 27.3. The van der Waals surface area contributed by atoms with E-state index in [9.17, 15) is 9.59 Å². The van der Waals surface area contributed by atoms with Crippen LogP contribution in [-0.4, -0.2) is 16.8 Å². The molecule has 0 saturated heterocycles. The van der Waals surface area contributed by atoms with Gasteiger partial charge in [0.2, 0.25) is 11.8 Å². The highest BCUT2D eigenvalue weighted by Gasteiger charge is 2.23. The lowest BCUT2D eigenvalue weighted by Crippen LogP contribution is -2.19. The van der Waals surface area contributed by atoms with Gasteiger partial charge in [0.15, 0.2) is 11.3 Å². The quantitative estimate of drug-likeness (QED) is 0.189. The predicted molar refractivity (Wildman–Crippen MR) is 156 cm³/mol. The molecule has 2 heterocycles. The number of anilines is 2. The summed E-state index contributed by atoms with van der Waals surface area (Å²) in [6.45, 7) is 0. The molecular weight excluding hydrogens is 522 g/mol. The first-order valence-corrected chi connectivity index (χ1v) is 13.4. The average Bonchev–Trinajstić information content (AvgIpc) is 3.68. The number of furan rings is 1. The molecule has 0 bridgehead atoms. The second-order valence-electron chi connectivity index (χ2n) is 8.92. The molecule has 2 aromatic heterocycles. The number of hydrogen-bond donors (Lipinski definition) is 2. The second kappa shape index (κ2) is 11.3. The summed E-state index contributed by atoms with van der Waals surface area (Å²) in [6, 6.07) is 35.2. The van der Waals surface area contributed by atoms with E-state index < -0.39 is 5.25 Å². The molecular formula is C32H23N3O4S. The summed E-state index contributed by atoms with van der Waals surface area (Å²) in [7, 11) is 0. The zero-order valence-corrected chi connectivity index (χ0v) is 21.9. The smallest absolute Gasteiger partial charge is 0.291 e. The maximum Gasteiger partial charge on any atom is 0.291 e. The largest absolute Gasteiger partial charge is 0.459 e. The molecule has 40 heavy (non-hydrogen) atoms. The summed E-state index contributed by atoms with van der Waals surface area (Å²) in [5.41, 5.74) is 4.46. The molecule has 0 aliphatic carbocycles. The van der Waals surface area contributed by atoms with Gasteiger partial charge in [-0.3, -0.25) is 9.59 Å². The predicted octanol–water partition coefficient (Wildman–Crippen LogP) is 7.81. The lowest BCUT2D eigenvalue weighted by Gasteiger charge is -2.18. The van der Waals surface area contributed by atoms with Crippen LogP contribution < -0.4 is 10.6 Å². The molecule has 0 radical (unpaired) electrons. The van der Waals surface area contributed by atoms with E-state index in [0.29, 0.717) is 17.3 Å². The Bertz CT molecular complexity index is 1730. The van der Waals surface area contributed by atoms with Crippen molar-refractivity contribution in [2.24, 2.45) is 0 Å². The van der Waals surface area contributed by atoms with E-state index in [4.69, 9.17) is 8.83 Å². The molecule has 2 amide bonds. The molecule has 7 nitrogen and oxygen atoms in total. The number of nitrogens with one attached hydrogen (secondary N) is 2. The number of nitrogens with zero attached hydrogens (tertiary/aromatic N) is 1. The molecule has 2 N–H and O–H groups in total. The SMILES string of the molecule is O=C(Nc1cccc(SC(C(=O)Nc2ccc(-c3nc4ccccc4o3)cc2)c2ccccc2)c1)c1ccco1. The second-order valence-corrected chi connectivity index (χ2v) is 10.1. The number of fused-ring (bicyclic) bond motifs is 1. The molecule has 196 valence electrons. The van der Waals surface area contributed by atoms with Crippen molar-refractivity contribution in [2.45, 2.75) is 10.1 Å². The Balaban J connectivity index is 1.19. The van der Waals surface area contributed by atoms with Crippen LogP contribution in [0.1, 0.15) is 21.4 Å². The zero-order valence-electron chi connectivity index (χ0n) is 21.1. The van der Waals surface area contributed by atoms with Gasteiger partial charge in [0, 0.05) is 21.8 Å². The van der Waals surface area contributed by atoms with Crippen molar-refractivity contribution in [3.63, 3.8) is 0 Å². The Labute approximate surface area is 234 Å². The number of rotatable bonds is 8. The van der Waals surface area contributed by atoms with Gasteiger partial charge in [-0.25, -0.2) is 4.98 Å². The monoisotopic (exact) mass is 545 g/mol. The minimum absolute atomic E-state index is 0.171. The fourth-order valence-electron chi connectivity index (χ4n) is 4.18. The molecule has 0 aliphatic heterocycles. The van der Waals surface area contributed by atoms with Gasteiger partial charge in [0.1, 0.15) is 10.8 Å². The highest BCUT2D eigenvalue weighted by Crippen LogP contribution is 2.37. The van der Waals surface area contributed by atoms with Crippen LogP contribution in [0.2, 0.25) is 0 Å². The number of carbonyl (C=O) groups excluding carboxylic acids is 2. The molecule has 6 rings (SSSR count). The van der Waals surface area contributed by atoms with Gasteiger partial charge in [-0.05, 0) is 72.3 Å². The third-order valence-electron chi connectivity index (χ3n) is 6.12. The van der Waals surface area contributed by atoms with Gasteiger partial charge in [0.05, 0.1) is 6.26 Å². The molecule has 0 fully saturated rings. The molecule has 1 atom stereocenters. The van der Waals surface area contributed by atoms with Gasteiger partial charge in [-0.2, -0.15) is 0 Å². The van der Waals surface area contributed by atoms with E-state index in [2.05, 4.69) is 15.6 Å². The van der Waals surface area contributed by atoms with Crippen LogP contribution in [-0.2, 0) is 4.79 Å². The van der Waals surface area contributed by atoms with Gasteiger partial charge in [0.25, 0.3) is 5.91 Å². The first kappa shape index (κ1) is 25.2. The molecule has 0 saturated carbocycles. The van der Waals surface area contributed by atoms with Crippen LogP contribution in [0, 0.1) is 0 Å². The first-order chi connectivity index (χ1) is 19.6. The summed E-state index contributed by atoms with van der Waals surface area (Å²) in [5.74, 6) is 0.235. The normalized spacial score (nSPS) is 11.7. The summed E-state index contributed by atoms with van der Waals surface area (Å²) >= 11 is 1.40. The Morgan fingerprint density at radius 3 is 2.33 bits per heavy atom. The molecule has 6 aromatic rings. The summed E-state index contributed by atoms with van der Waals surface area (Å²) in [6.07, 6.45) is 1.45. The van der Waals surface area contributed by atoms with E-state index in [1.165, 1.54) is 18.0 Å². The Morgan fingerprint density at radius 1 is 0.750 bits per heavy atom. The van der Waals surface area contributed by atoms with E-state index in [1.54, 1.807) is 18.2 Å². The Morgan fingerprint density at radius 2 is 1.55 bits per heavy atom. The van der Waals surface area contributed by atoms with E-state index in [-0.39, 0.29) is 17.6 Å². The molecule has 1 unspecified atom stereocenters. The third kappa shape index (κ3) is 5.67. The van der Waals surface area contributed by atoms with Crippen molar-refractivity contribution in [2.75, 3.05) is 10.6 Å². The molecule has 8 heteroatoms. The van der Waals surface area contributed by atoms with E-state index in [1.807, 2.05) is 97.1 Å². The van der Waals surface area contributed by atoms with Crippen molar-refractivity contribution in [3.05, 3.63) is 133 Å². The summed E-state index contributed by atoms with van der Waals surface area (Å²) in [4.78, 5) is 31.3. The number of thioether (sulfide) groups is 1. The summed E-state index contributed by atoms with van der Waals surface area (Å²) in [5, 5.41) is 5.34. The molecule has 4 aromatic carbocycles. The fourth-order valence-corrected chi connectivity index (χ4v) is 5.27. The van der Waals surface area contributed by atoms with Crippen LogP contribution in [0.5, 0.6) is 0 Å². The topological polar surface area (TPSA) is 97.4 Å². The highest BCUT2D eigenvalue weighted by molar-refractivity contribution is 8.00. The van der Waals surface area contributed by atoms with Gasteiger partial charge < -0.3 is 19.5 Å². The van der Waals surface area contributed by atoms with Crippen molar-refractivity contribution >= 4 is 46.1 Å². The van der Waals surface area contributed by atoms with Crippen molar-refractivity contribution in [1.82, 2.24) is 4.98 Å². The number of amides is 2. The molecule has 0 spiro atoms. The van der Waals surface area contributed by atoms with Crippen molar-refractivity contribution < 1.29 is 18.4 Å².